The quantitative estimate of drug-likeness (QED) is 0.477. The molecule has 13 heteroatoms. The number of aromatic nitrogens is 3. The van der Waals surface area contributed by atoms with Crippen LogP contribution in [-0.2, 0) is 21.2 Å². The van der Waals surface area contributed by atoms with E-state index in [1.54, 1.807) is 24.4 Å². The van der Waals surface area contributed by atoms with Gasteiger partial charge in [0.1, 0.15) is 21.8 Å². The number of nitrogens with one attached hydrogen (secondary N) is 2. The number of carbonyl (C=O) groups is 1. The number of amides is 1. The molecule has 1 amide bonds. The maximum absolute atomic E-state index is 14.3. The van der Waals surface area contributed by atoms with Crippen molar-refractivity contribution in [1.82, 2.24) is 19.5 Å². The zero-order valence-corrected chi connectivity index (χ0v) is 19.5. The van der Waals surface area contributed by atoms with E-state index in [9.17, 15) is 22.4 Å². The van der Waals surface area contributed by atoms with E-state index in [2.05, 4.69) is 20.1 Å². The van der Waals surface area contributed by atoms with E-state index in [0.717, 1.165) is 23.0 Å². The standard InChI is InChI=1S/C20H18Cl2FN5O4S/c1-12(28-20(30)18(22)15(21)11-25-28)19(29)27-14-5-6-16(23)17(10-14)33(31,32)26-9-7-13-4-2-3-8-24-13/h2-6,8,10-12,26H,7,9H2,1H3,(H,27,29)/t12-/m1/s1. The lowest BCUT2D eigenvalue weighted by Gasteiger charge is -2.15. The normalized spacial score (nSPS) is 12.4. The minimum atomic E-state index is -4.21. The van der Waals surface area contributed by atoms with Gasteiger partial charge in [0.05, 0.1) is 11.2 Å². The summed E-state index contributed by atoms with van der Waals surface area (Å²) in [4.78, 5) is 28.2. The van der Waals surface area contributed by atoms with Crippen LogP contribution in [0.5, 0.6) is 0 Å². The maximum Gasteiger partial charge on any atom is 0.287 e. The molecule has 0 aliphatic rings. The van der Waals surface area contributed by atoms with Crippen molar-refractivity contribution in [3.05, 3.63) is 80.7 Å². The number of benzene rings is 1. The molecule has 1 aromatic carbocycles. The van der Waals surface area contributed by atoms with Crippen molar-refractivity contribution in [1.29, 1.82) is 0 Å². The predicted octanol–water partition coefficient (Wildman–Crippen LogP) is 2.80. The molecule has 0 spiro atoms. The average Bonchev–Trinajstić information content (AvgIpc) is 2.79. The van der Waals surface area contributed by atoms with Crippen molar-refractivity contribution in [2.24, 2.45) is 0 Å². The largest absolute Gasteiger partial charge is 0.324 e. The van der Waals surface area contributed by atoms with Gasteiger partial charge in [-0.3, -0.25) is 14.6 Å². The van der Waals surface area contributed by atoms with Gasteiger partial charge in [0, 0.05) is 30.5 Å². The highest BCUT2D eigenvalue weighted by molar-refractivity contribution is 7.89. The van der Waals surface area contributed by atoms with E-state index >= 15 is 0 Å². The lowest BCUT2D eigenvalue weighted by atomic mass is 10.2. The first kappa shape index (κ1) is 24.8. The van der Waals surface area contributed by atoms with Crippen LogP contribution in [0.15, 0.2) is 58.5 Å². The molecule has 3 rings (SSSR count). The molecule has 0 saturated heterocycles. The second-order valence-corrected chi connectivity index (χ2v) is 9.36. The van der Waals surface area contributed by atoms with E-state index < -0.39 is 38.2 Å². The predicted molar refractivity (Wildman–Crippen MR) is 121 cm³/mol. The molecule has 174 valence electrons. The van der Waals surface area contributed by atoms with Crippen LogP contribution in [0.25, 0.3) is 0 Å². The second-order valence-electron chi connectivity index (χ2n) is 6.84. The maximum atomic E-state index is 14.3. The molecule has 9 nitrogen and oxygen atoms in total. The second kappa shape index (κ2) is 10.4. The average molecular weight is 514 g/mol. The van der Waals surface area contributed by atoms with Crippen LogP contribution in [0, 0.1) is 5.82 Å². The zero-order chi connectivity index (χ0) is 24.2. The summed E-state index contributed by atoms with van der Waals surface area (Å²) in [6.45, 7) is 1.38. The van der Waals surface area contributed by atoms with Crippen LogP contribution in [0.1, 0.15) is 18.7 Å². The number of carbonyl (C=O) groups excluding carboxylic acids is 1. The third-order valence-corrected chi connectivity index (χ3v) is 6.76. The first-order chi connectivity index (χ1) is 15.6. The highest BCUT2D eigenvalue weighted by Crippen LogP contribution is 2.21. The minimum Gasteiger partial charge on any atom is -0.324 e. The fourth-order valence-corrected chi connectivity index (χ4v) is 4.18. The summed E-state index contributed by atoms with van der Waals surface area (Å²) in [6, 6.07) is 7.21. The molecular weight excluding hydrogens is 496 g/mol. The Balaban J connectivity index is 1.74. The van der Waals surface area contributed by atoms with Crippen molar-refractivity contribution >= 4 is 44.8 Å². The number of anilines is 1. The Morgan fingerprint density at radius 3 is 2.70 bits per heavy atom. The van der Waals surface area contributed by atoms with E-state index in [0.29, 0.717) is 12.1 Å². The van der Waals surface area contributed by atoms with Gasteiger partial charge in [-0.2, -0.15) is 5.10 Å². The molecule has 1 atom stereocenters. The lowest BCUT2D eigenvalue weighted by Crippen LogP contribution is -2.33. The number of sulfonamides is 1. The van der Waals surface area contributed by atoms with Gasteiger partial charge in [-0.05, 0) is 37.3 Å². The Morgan fingerprint density at radius 1 is 1.24 bits per heavy atom. The summed E-state index contributed by atoms with van der Waals surface area (Å²) < 4.78 is 42.6. The van der Waals surface area contributed by atoms with Gasteiger partial charge in [0.25, 0.3) is 5.56 Å². The number of halogens is 3. The number of rotatable bonds is 8. The fraction of sp³-hybridized carbons (Fsp3) is 0.200. The number of hydrogen-bond donors (Lipinski definition) is 2. The minimum absolute atomic E-state index is 0.00167. The van der Waals surface area contributed by atoms with Crippen molar-refractivity contribution < 1.29 is 17.6 Å². The molecule has 0 saturated carbocycles. The molecule has 0 radical (unpaired) electrons. The van der Waals surface area contributed by atoms with E-state index in [4.69, 9.17) is 23.2 Å². The van der Waals surface area contributed by atoms with E-state index in [1.165, 1.54) is 13.0 Å². The van der Waals surface area contributed by atoms with Crippen molar-refractivity contribution in [2.75, 3.05) is 11.9 Å². The molecule has 33 heavy (non-hydrogen) atoms. The van der Waals surface area contributed by atoms with Gasteiger partial charge >= 0.3 is 0 Å². The molecule has 0 aliphatic heterocycles. The SMILES string of the molecule is C[C@H](C(=O)Nc1ccc(F)c(S(=O)(=O)NCCc2ccccn2)c1)n1ncc(Cl)c(Cl)c1=O. The van der Waals surface area contributed by atoms with Crippen LogP contribution in [0.3, 0.4) is 0 Å². The summed E-state index contributed by atoms with van der Waals surface area (Å²) >= 11 is 11.5. The summed E-state index contributed by atoms with van der Waals surface area (Å²) in [5.41, 5.74) is -0.0976. The lowest BCUT2D eigenvalue weighted by molar-refractivity contribution is -0.119. The molecule has 2 heterocycles. The van der Waals surface area contributed by atoms with Crippen molar-refractivity contribution in [3.8, 4) is 0 Å². The van der Waals surface area contributed by atoms with Gasteiger partial charge in [-0.15, -0.1) is 0 Å². The van der Waals surface area contributed by atoms with Gasteiger partial charge in [-0.1, -0.05) is 29.3 Å². The van der Waals surface area contributed by atoms with E-state index in [1.807, 2.05) is 0 Å². The molecule has 2 N–H and O–H groups in total. The highest BCUT2D eigenvalue weighted by atomic mass is 35.5. The van der Waals surface area contributed by atoms with Gasteiger partial charge in [-0.25, -0.2) is 22.2 Å². The van der Waals surface area contributed by atoms with E-state index in [-0.39, 0.29) is 22.3 Å². The van der Waals surface area contributed by atoms with Gasteiger partial charge in [0.2, 0.25) is 15.9 Å². The summed E-state index contributed by atoms with van der Waals surface area (Å²) in [7, 11) is -4.21. The Labute approximate surface area is 198 Å². The first-order valence-corrected chi connectivity index (χ1v) is 11.8. The topological polar surface area (TPSA) is 123 Å². The van der Waals surface area contributed by atoms with Crippen molar-refractivity contribution in [2.45, 2.75) is 24.3 Å². The van der Waals surface area contributed by atoms with Crippen LogP contribution < -0.4 is 15.6 Å². The summed E-state index contributed by atoms with van der Waals surface area (Å²) in [6.07, 6.45) is 3.01. The van der Waals surface area contributed by atoms with Gasteiger partial charge in [0.15, 0.2) is 0 Å². The summed E-state index contributed by atoms with van der Waals surface area (Å²) in [5.74, 6) is -1.70. The van der Waals surface area contributed by atoms with Gasteiger partial charge < -0.3 is 5.32 Å². The smallest absolute Gasteiger partial charge is 0.287 e. The molecule has 0 bridgehead atoms. The Hall–Kier alpha value is -2.86. The molecular formula is C20H18Cl2FN5O4S. The number of nitrogens with zero attached hydrogens (tertiary/aromatic N) is 3. The first-order valence-electron chi connectivity index (χ1n) is 9.53. The van der Waals surface area contributed by atoms with Crippen molar-refractivity contribution in [3.63, 3.8) is 0 Å². The third kappa shape index (κ3) is 5.93. The fourth-order valence-electron chi connectivity index (χ4n) is 2.78. The molecule has 2 aromatic heterocycles. The monoisotopic (exact) mass is 513 g/mol. The Kier molecular flexibility index (Phi) is 7.80. The molecule has 0 unspecified atom stereocenters. The molecule has 3 aromatic rings. The Morgan fingerprint density at radius 2 is 2.00 bits per heavy atom. The highest BCUT2D eigenvalue weighted by Gasteiger charge is 2.23. The molecule has 0 fully saturated rings. The summed E-state index contributed by atoms with van der Waals surface area (Å²) in [5, 5.41) is 5.87. The number of hydrogen-bond acceptors (Lipinski definition) is 6. The number of pyridine rings is 1. The third-order valence-electron chi connectivity index (χ3n) is 4.53. The van der Waals surface area contributed by atoms with Crippen LogP contribution in [-0.4, -0.2) is 35.6 Å². The van der Waals surface area contributed by atoms with Crippen LogP contribution in [0.2, 0.25) is 10.0 Å². The van der Waals surface area contributed by atoms with Crippen LogP contribution in [0.4, 0.5) is 10.1 Å². The zero-order valence-electron chi connectivity index (χ0n) is 17.1. The molecule has 0 aliphatic carbocycles. The Bertz CT molecular complexity index is 1340. The van der Waals surface area contributed by atoms with Crippen LogP contribution >= 0.6 is 23.2 Å².